The Morgan fingerprint density at radius 1 is 0.980 bits per heavy atom. The van der Waals surface area contributed by atoms with Gasteiger partial charge in [0, 0.05) is 59.2 Å². The Balaban J connectivity index is 1.44. The summed E-state index contributed by atoms with van der Waals surface area (Å²) in [7, 11) is 5.14. The summed E-state index contributed by atoms with van der Waals surface area (Å²) in [5.41, 5.74) is 0.140. The molecule has 2 aromatic rings. The number of halogens is 1. The maximum Gasteiger partial charge on any atom is 0.410 e. The van der Waals surface area contributed by atoms with Crippen molar-refractivity contribution in [1.29, 1.82) is 0 Å². The van der Waals surface area contributed by atoms with Crippen molar-refractivity contribution in [1.82, 2.24) is 19.6 Å². The summed E-state index contributed by atoms with van der Waals surface area (Å²) in [6.45, 7) is 8.08. The molecule has 274 valence electrons. The van der Waals surface area contributed by atoms with Crippen LogP contribution < -0.4 is 4.74 Å². The molecule has 2 aliphatic rings. The Kier molecular flexibility index (Phi) is 13.3. The van der Waals surface area contributed by atoms with Crippen LogP contribution in [0.5, 0.6) is 5.75 Å². The highest BCUT2D eigenvalue weighted by Crippen LogP contribution is 2.38. The number of benzene rings is 2. The first kappa shape index (κ1) is 38.6. The summed E-state index contributed by atoms with van der Waals surface area (Å²) in [4.78, 5) is 60.1. The summed E-state index contributed by atoms with van der Waals surface area (Å²) in [5.74, 6) is -0.418. The average molecular weight is 695 g/mol. The molecule has 1 fully saturated rings. The van der Waals surface area contributed by atoms with Crippen LogP contribution in [0.25, 0.3) is 0 Å². The molecule has 1 saturated heterocycles. The minimum absolute atomic E-state index is 0.105. The van der Waals surface area contributed by atoms with E-state index in [0.29, 0.717) is 68.9 Å². The zero-order valence-corrected chi connectivity index (χ0v) is 30.7. The van der Waals surface area contributed by atoms with Crippen molar-refractivity contribution in [2.45, 2.75) is 90.2 Å². The van der Waals surface area contributed by atoms with Gasteiger partial charge < -0.3 is 29.1 Å². The number of fused-ring (bicyclic) bond motifs is 1. The number of likely N-dealkylation sites (tertiary alicyclic amines) is 1. The van der Waals surface area contributed by atoms with E-state index in [4.69, 9.17) is 9.47 Å². The highest BCUT2D eigenvalue weighted by atomic mass is 19.1. The van der Waals surface area contributed by atoms with Gasteiger partial charge in [-0.25, -0.2) is 9.18 Å². The standard InChI is InChI=1S/C39H55FN4O6/c1-38(2,3)50-37(48)44-26-22-39(23-27-44)21-11-12-24-42(5)36(47)32(43(6)35(46)30-15-8-10-18-33(30)49-28-39)17-13-25-41(4)34(45)20-19-29-14-7-9-16-31(29)40/h7-10,14-16,18,32H,11-13,17,19-28H2,1-6H3/t32-/m0/s1. The third-order valence-corrected chi connectivity index (χ3v) is 9.99. The number of para-hydroxylation sites is 1. The lowest BCUT2D eigenvalue weighted by Gasteiger charge is -2.42. The van der Waals surface area contributed by atoms with E-state index in [9.17, 15) is 23.6 Å². The zero-order chi connectivity index (χ0) is 36.5. The lowest BCUT2D eigenvalue weighted by atomic mass is 9.75. The monoisotopic (exact) mass is 694 g/mol. The van der Waals surface area contributed by atoms with Crippen molar-refractivity contribution in [2.75, 3.05) is 53.9 Å². The topological polar surface area (TPSA) is 99.7 Å². The molecule has 4 amide bonds. The molecule has 0 aromatic heterocycles. The van der Waals surface area contributed by atoms with E-state index in [1.165, 1.54) is 11.0 Å². The van der Waals surface area contributed by atoms with Gasteiger partial charge in [0.2, 0.25) is 11.8 Å². The minimum atomic E-state index is -0.728. The zero-order valence-electron chi connectivity index (χ0n) is 30.7. The molecule has 0 N–H and O–H groups in total. The first-order chi connectivity index (χ1) is 23.7. The molecule has 2 aliphatic heterocycles. The minimum Gasteiger partial charge on any atom is -0.492 e. The van der Waals surface area contributed by atoms with Gasteiger partial charge in [0.05, 0.1) is 12.2 Å². The normalized spacial score (nSPS) is 19.0. The Morgan fingerprint density at radius 3 is 2.36 bits per heavy atom. The van der Waals surface area contributed by atoms with Crippen LogP contribution in [-0.4, -0.2) is 109 Å². The van der Waals surface area contributed by atoms with E-state index in [1.807, 2.05) is 26.8 Å². The summed E-state index contributed by atoms with van der Waals surface area (Å²) in [6, 6.07) is 12.9. The van der Waals surface area contributed by atoms with Gasteiger partial charge in [0.1, 0.15) is 23.2 Å². The van der Waals surface area contributed by atoms with E-state index in [1.54, 1.807) is 72.2 Å². The Bertz CT molecular complexity index is 1480. The summed E-state index contributed by atoms with van der Waals surface area (Å²) in [6.07, 6.45) is 5.11. The number of likely N-dealkylation sites (N-methyl/N-ethyl adjacent to an activating group) is 2. The van der Waals surface area contributed by atoms with Crippen molar-refractivity contribution in [3.8, 4) is 5.75 Å². The number of hydrogen-bond donors (Lipinski definition) is 0. The number of piperidine rings is 1. The molecule has 1 atom stereocenters. The molecule has 0 radical (unpaired) electrons. The molecule has 0 aliphatic carbocycles. The van der Waals surface area contributed by atoms with E-state index in [0.717, 1.165) is 32.1 Å². The van der Waals surface area contributed by atoms with Crippen LogP contribution >= 0.6 is 0 Å². The Hall–Kier alpha value is -4.15. The van der Waals surface area contributed by atoms with Crippen molar-refractivity contribution in [3.05, 3.63) is 65.5 Å². The molecule has 4 rings (SSSR count). The first-order valence-electron chi connectivity index (χ1n) is 17.9. The van der Waals surface area contributed by atoms with E-state index in [2.05, 4.69) is 0 Å². The lowest BCUT2D eigenvalue weighted by molar-refractivity contribution is -0.134. The SMILES string of the molecule is CN(CCC[C@H]1C(=O)N(C)CCCCC2(CCN(C(=O)OC(C)(C)C)CC2)COc2ccccc2C(=O)N1C)C(=O)CCc1ccccc1F. The van der Waals surface area contributed by atoms with Crippen LogP contribution in [0.15, 0.2) is 48.5 Å². The Morgan fingerprint density at radius 2 is 1.66 bits per heavy atom. The average Bonchev–Trinajstić information content (AvgIpc) is 3.09. The van der Waals surface area contributed by atoms with Crippen LogP contribution in [0.3, 0.4) is 0 Å². The number of amides is 4. The number of carbonyl (C=O) groups excluding carboxylic acids is 4. The molecule has 11 heteroatoms. The van der Waals surface area contributed by atoms with Gasteiger partial charge in [-0.1, -0.05) is 36.8 Å². The van der Waals surface area contributed by atoms with Crippen molar-refractivity contribution in [2.24, 2.45) is 5.41 Å². The third kappa shape index (κ3) is 10.4. The molecular weight excluding hydrogens is 639 g/mol. The van der Waals surface area contributed by atoms with Crippen LogP contribution in [0.2, 0.25) is 0 Å². The van der Waals surface area contributed by atoms with Crippen LogP contribution in [-0.2, 0) is 20.7 Å². The quantitative estimate of drug-likeness (QED) is 0.344. The number of ether oxygens (including phenoxy) is 2. The van der Waals surface area contributed by atoms with Gasteiger partial charge in [-0.3, -0.25) is 14.4 Å². The van der Waals surface area contributed by atoms with Crippen molar-refractivity contribution < 1.29 is 33.0 Å². The maximum absolute atomic E-state index is 14.0. The number of nitrogens with zero attached hydrogens (tertiary/aromatic N) is 4. The smallest absolute Gasteiger partial charge is 0.410 e. The molecule has 50 heavy (non-hydrogen) atoms. The molecule has 2 heterocycles. The summed E-state index contributed by atoms with van der Waals surface area (Å²) >= 11 is 0. The molecule has 0 bridgehead atoms. The predicted octanol–water partition coefficient (Wildman–Crippen LogP) is 6.18. The Labute approximate surface area is 296 Å². The highest BCUT2D eigenvalue weighted by Gasteiger charge is 2.39. The first-order valence-corrected chi connectivity index (χ1v) is 17.9. The summed E-state index contributed by atoms with van der Waals surface area (Å²) in [5, 5.41) is 0. The molecule has 10 nitrogen and oxygen atoms in total. The molecule has 1 spiro atoms. The fraction of sp³-hybridized carbons (Fsp3) is 0.590. The van der Waals surface area contributed by atoms with Gasteiger partial charge in [-0.05, 0) is 89.5 Å². The third-order valence-electron chi connectivity index (χ3n) is 9.99. The van der Waals surface area contributed by atoms with Crippen LogP contribution in [0, 0.1) is 11.2 Å². The predicted molar refractivity (Wildman–Crippen MR) is 190 cm³/mol. The van der Waals surface area contributed by atoms with E-state index < -0.39 is 11.6 Å². The lowest BCUT2D eigenvalue weighted by Crippen LogP contribution is -2.49. The van der Waals surface area contributed by atoms with Gasteiger partial charge >= 0.3 is 6.09 Å². The van der Waals surface area contributed by atoms with E-state index in [-0.39, 0.29) is 41.5 Å². The maximum atomic E-state index is 14.0. The second-order valence-electron chi connectivity index (χ2n) is 14.9. The summed E-state index contributed by atoms with van der Waals surface area (Å²) < 4.78 is 26.1. The largest absolute Gasteiger partial charge is 0.492 e. The van der Waals surface area contributed by atoms with Crippen LogP contribution in [0.1, 0.15) is 88.1 Å². The van der Waals surface area contributed by atoms with Crippen LogP contribution in [0.4, 0.5) is 9.18 Å². The fourth-order valence-electron chi connectivity index (χ4n) is 6.76. The number of aryl methyl sites for hydroxylation is 1. The van der Waals surface area contributed by atoms with Gasteiger partial charge in [0.15, 0.2) is 0 Å². The molecule has 0 unspecified atom stereocenters. The molecule has 2 aromatic carbocycles. The van der Waals surface area contributed by atoms with Crippen molar-refractivity contribution >= 4 is 23.8 Å². The number of hydrogen-bond acceptors (Lipinski definition) is 6. The van der Waals surface area contributed by atoms with Gasteiger partial charge in [0.25, 0.3) is 5.91 Å². The van der Waals surface area contributed by atoms with E-state index >= 15 is 0 Å². The number of rotatable bonds is 7. The molecule has 0 saturated carbocycles. The highest BCUT2D eigenvalue weighted by molar-refractivity contribution is 5.99. The van der Waals surface area contributed by atoms with Crippen molar-refractivity contribution in [3.63, 3.8) is 0 Å². The van der Waals surface area contributed by atoms with Gasteiger partial charge in [-0.15, -0.1) is 0 Å². The fourth-order valence-corrected chi connectivity index (χ4v) is 6.76. The number of carbonyl (C=O) groups is 4. The second-order valence-corrected chi connectivity index (χ2v) is 14.9. The second kappa shape index (κ2) is 17.2. The van der Waals surface area contributed by atoms with Gasteiger partial charge in [-0.2, -0.15) is 0 Å². The molecular formula is C39H55FN4O6.